The van der Waals surface area contributed by atoms with E-state index in [1.807, 2.05) is 29.3 Å². The molecule has 5 nitrogen and oxygen atoms in total. The highest BCUT2D eigenvalue weighted by molar-refractivity contribution is 5.83. The number of nitrogens with zero attached hydrogens (tertiary/aromatic N) is 2. The number of rotatable bonds is 6. The predicted octanol–water partition coefficient (Wildman–Crippen LogP) is 2.68. The fraction of sp³-hybridized carbons (Fsp3) is 0.474. The van der Waals surface area contributed by atoms with E-state index in [9.17, 15) is 4.79 Å². The van der Waals surface area contributed by atoms with E-state index in [0.29, 0.717) is 6.04 Å². The summed E-state index contributed by atoms with van der Waals surface area (Å²) in [4.78, 5) is 22.2. The van der Waals surface area contributed by atoms with Gasteiger partial charge in [0.2, 0.25) is 5.91 Å². The topological polar surface area (TPSA) is 61.0 Å². The van der Waals surface area contributed by atoms with E-state index in [2.05, 4.69) is 34.3 Å². The van der Waals surface area contributed by atoms with Crippen LogP contribution in [0.4, 0.5) is 0 Å². The van der Waals surface area contributed by atoms with Crippen molar-refractivity contribution >= 4 is 5.91 Å². The van der Waals surface area contributed by atoms with Crippen molar-refractivity contribution in [2.45, 2.75) is 44.7 Å². The Labute approximate surface area is 143 Å². The fourth-order valence-electron chi connectivity index (χ4n) is 3.40. The summed E-state index contributed by atoms with van der Waals surface area (Å²) in [7, 11) is 0. The molecule has 1 amide bonds. The van der Waals surface area contributed by atoms with Gasteiger partial charge in [0.1, 0.15) is 5.82 Å². The van der Waals surface area contributed by atoms with Gasteiger partial charge >= 0.3 is 0 Å². The van der Waals surface area contributed by atoms with Crippen molar-refractivity contribution in [1.82, 2.24) is 20.2 Å². The third-order valence-corrected chi connectivity index (χ3v) is 4.83. The molecule has 2 heterocycles. The summed E-state index contributed by atoms with van der Waals surface area (Å²) in [6.07, 6.45) is 6.45. The van der Waals surface area contributed by atoms with Crippen molar-refractivity contribution in [1.29, 1.82) is 0 Å². The largest absolute Gasteiger partial charge is 0.348 e. The first-order chi connectivity index (χ1) is 11.8. The Morgan fingerprint density at radius 3 is 2.71 bits per heavy atom. The third-order valence-electron chi connectivity index (χ3n) is 4.83. The Morgan fingerprint density at radius 1 is 1.33 bits per heavy atom. The minimum absolute atomic E-state index is 0.0150. The average molecular weight is 326 g/mol. The van der Waals surface area contributed by atoms with E-state index in [-0.39, 0.29) is 11.8 Å². The molecule has 1 saturated heterocycles. The molecule has 2 aromatic rings. The molecule has 0 radical (unpaired) electrons. The number of amides is 1. The molecule has 1 aromatic heterocycles. The van der Waals surface area contributed by atoms with Gasteiger partial charge in [0.25, 0.3) is 0 Å². The number of hydrogen-bond donors (Lipinski definition) is 2. The minimum atomic E-state index is -0.0150. The van der Waals surface area contributed by atoms with Crippen LogP contribution in [0.5, 0.6) is 0 Å². The first-order valence-corrected chi connectivity index (χ1v) is 8.83. The van der Waals surface area contributed by atoms with Crippen molar-refractivity contribution in [2.75, 3.05) is 13.1 Å². The molecule has 1 unspecified atom stereocenters. The summed E-state index contributed by atoms with van der Waals surface area (Å²) in [6, 6.07) is 10.6. The Hall–Kier alpha value is -2.14. The van der Waals surface area contributed by atoms with Crippen molar-refractivity contribution in [3.05, 3.63) is 54.1 Å². The first-order valence-electron chi connectivity index (χ1n) is 8.83. The summed E-state index contributed by atoms with van der Waals surface area (Å²) in [5.41, 5.74) is 1.13. The Balaban J connectivity index is 1.51. The normalized spacial score (nSPS) is 17.0. The summed E-state index contributed by atoms with van der Waals surface area (Å²) in [5.74, 6) is 1.22. The van der Waals surface area contributed by atoms with Gasteiger partial charge in [-0.1, -0.05) is 37.3 Å². The zero-order valence-corrected chi connectivity index (χ0v) is 14.2. The standard InChI is InChI=1S/C19H26N4O/c1-2-17(15-6-4-3-5-7-15)19(24)23-12-8-16(9-13-23)22-14-18-20-10-11-21-18/h3-7,10-11,16-17,22H,2,8-9,12-14H2,1H3,(H,20,21). The van der Waals surface area contributed by atoms with Crippen LogP contribution in [0.3, 0.4) is 0 Å². The number of nitrogens with one attached hydrogen (secondary N) is 2. The van der Waals surface area contributed by atoms with Gasteiger partial charge in [-0.05, 0) is 24.8 Å². The van der Waals surface area contributed by atoms with E-state index in [1.165, 1.54) is 0 Å². The number of piperidine rings is 1. The second-order valence-corrected chi connectivity index (χ2v) is 6.39. The molecular formula is C19H26N4O. The fourth-order valence-corrected chi connectivity index (χ4v) is 3.40. The Kier molecular flexibility index (Phi) is 5.64. The number of hydrogen-bond acceptors (Lipinski definition) is 3. The number of benzene rings is 1. The lowest BCUT2D eigenvalue weighted by Crippen LogP contribution is -2.46. The van der Waals surface area contributed by atoms with Crippen LogP contribution in [0.2, 0.25) is 0 Å². The maximum absolute atomic E-state index is 12.9. The van der Waals surface area contributed by atoms with Gasteiger partial charge in [-0.25, -0.2) is 4.98 Å². The SMILES string of the molecule is CCC(C(=O)N1CCC(NCc2ncc[nH]2)CC1)c1ccccc1. The van der Waals surface area contributed by atoms with Crippen molar-refractivity contribution < 1.29 is 4.79 Å². The molecule has 1 aliphatic heterocycles. The van der Waals surface area contributed by atoms with Crippen LogP contribution in [-0.2, 0) is 11.3 Å². The highest BCUT2D eigenvalue weighted by Gasteiger charge is 2.28. The van der Waals surface area contributed by atoms with Gasteiger partial charge in [0.15, 0.2) is 0 Å². The molecule has 1 fully saturated rings. The molecule has 0 saturated carbocycles. The van der Waals surface area contributed by atoms with Crippen molar-refractivity contribution in [3.8, 4) is 0 Å². The first kappa shape index (κ1) is 16.7. The molecule has 3 rings (SSSR count). The van der Waals surface area contributed by atoms with E-state index in [4.69, 9.17) is 0 Å². The van der Waals surface area contributed by atoms with Gasteiger partial charge in [-0.15, -0.1) is 0 Å². The van der Waals surface area contributed by atoms with Crippen LogP contribution in [0, 0.1) is 0 Å². The highest BCUT2D eigenvalue weighted by atomic mass is 16.2. The second-order valence-electron chi connectivity index (χ2n) is 6.39. The maximum atomic E-state index is 12.9. The number of carbonyl (C=O) groups is 1. The number of likely N-dealkylation sites (tertiary alicyclic amines) is 1. The Morgan fingerprint density at radius 2 is 2.08 bits per heavy atom. The van der Waals surface area contributed by atoms with Crippen LogP contribution < -0.4 is 5.32 Å². The molecule has 1 aromatic carbocycles. The van der Waals surface area contributed by atoms with Gasteiger partial charge < -0.3 is 15.2 Å². The average Bonchev–Trinajstić information content (AvgIpc) is 3.15. The number of aromatic nitrogens is 2. The monoisotopic (exact) mass is 326 g/mol. The molecule has 0 aliphatic carbocycles. The van der Waals surface area contributed by atoms with Gasteiger partial charge in [0, 0.05) is 31.5 Å². The van der Waals surface area contributed by atoms with Crippen molar-refractivity contribution in [3.63, 3.8) is 0 Å². The third kappa shape index (κ3) is 4.03. The molecule has 24 heavy (non-hydrogen) atoms. The lowest BCUT2D eigenvalue weighted by Gasteiger charge is -2.34. The smallest absolute Gasteiger partial charge is 0.230 e. The molecule has 5 heteroatoms. The summed E-state index contributed by atoms with van der Waals surface area (Å²) in [5, 5.41) is 3.53. The quantitative estimate of drug-likeness (QED) is 0.858. The van der Waals surface area contributed by atoms with Crippen LogP contribution in [0.25, 0.3) is 0 Å². The molecule has 0 bridgehead atoms. The number of imidazole rings is 1. The van der Waals surface area contributed by atoms with E-state index in [1.54, 1.807) is 6.20 Å². The molecule has 1 atom stereocenters. The summed E-state index contributed by atoms with van der Waals surface area (Å²) < 4.78 is 0. The molecular weight excluding hydrogens is 300 g/mol. The molecule has 2 N–H and O–H groups in total. The number of aromatic amines is 1. The number of H-pyrrole nitrogens is 1. The molecule has 1 aliphatic rings. The molecule has 128 valence electrons. The highest BCUT2D eigenvalue weighted by Crippen LogP contribution is 2.24. The lowest BCUT2D eigenvalue weighted by atomic mass is 9.93. The lowest BCUT2D eigenvalue weighted by molar-refractivity contribution is -0.134. The Bertz CT molecular complexity index is 618. The zero-order valence-electron chi connectivity index (χ0n) is 14.2. The summed E-state index contributed by atoms with van der Waals surface area (Å²) in [6.45, 7) is 4.51. The van der Waals surface area contributed by atoms with E-state index in [0.717, 1.165) is 50.3 Å². The van der Waals surface area contributed by atoms with Crippen LogP contribution in [0.15, 0.2) is 42.7 Å². The predicted molar refractivity (Wildman–Crippen MR) is 94.5 cm³/mol. The van der Waals surface area contributed by atoms with E-state index < -0.39 is 0 Å². The van der Waals surface area contributed by atoms with Crippen LogP contribution in [0.1, 0.15) is 43.5 Å². The van der Waals surface area contributed by atoms with E-state index >= 15 is 0 Å². The van der Waals surface area contributed by atoms with Crippen LogP contribution in [-0.4, -0.2) is 39.9 Å². The van der Waals surface area contributed by atoms with Gasteiger partial charge in [0.05, 0.1) is 12.5 Å². The minimum Gasteiger partial charge on any atom is -0.348 e. The maximum Gasteiger partial charge on any atom is 0.230 e. The second kappa shape index (κ2) is 8.11. The van der Waals surface area contributed by atoms with Crippen molar-refractivity contribution in [2.24, 2.45) is 0 Å². The number of carbonyl (C=O) groups excluding carboxylic acids is 1. The zero-order chi connectivity index (χ0) is 16.8. The van der Waals surface area contributed by atoms with Crippen LogP contribution >= 0.6 is 0 Å². The van der Waals surface area contributed by atoms with Gasteiger partial charge in [-0.3, -0.25) is 4.79 Å². The molecule has 0 spiro atoms. The summed E-state index contributed by atoms with van der Waals surface area (Å²) >= 11 is 0. The van der Waals surface area contributed by atoms with Gasteiger partial charge in [-0.2, -0.15) is 0 Å².